The van der Waals surface area contributed by atoms with E-state index in [2.05, 4.69) is 41.7 Å². The van der Waals surface area contributed by atoms with Gasteiger partial charge in [0.15, 0.2) is 0 Å². The Morgan fingerprint density at radius 3 is 2.45 bits per heavy atom. The van der Waals surface area contributed by atoms with Crippen LogP contribution in [0.4, 0.5) is 0 Å². The number of aromatic nitrogens is 1. The lowest BCUT2D eigenvalue weighted by molar-refractivity contribution is 0.0938. The molecule has 106 valence electrons. The van der Waals surface area contributed by atoms with E-state index in [0.717, 1.165) is 12.0 Å². The Morgan fingerprint density at radius 1 is 1.30 bits per heavy atom. The molecular formula is C16H20N2O2. The second-order valence-electron chi connectivity index (χ2n) is 4.99. The van der Waals surface area contributed by atoms with Crippen LogP contribution in [0.5, 0.6) is 0 Å². The van der Waals surface area contributed by atoms with Crippen LogP contribution in [-0.2, 0) is 6.42 Å². The van der Waals surface area contributed by atoms with Crippen molar-refractivity contribution in [2.45, 2.75) is 40.2 Å². The van der Waals surface area contributed by atoms with Crippen molar-refractivity contribution in [1.29, 1.82) is 0 Å². The molecule has 0 saturated carbocycles. The zero-order valence-electron chi connectivity index (χ0n) is 12.4. The Bertz CT molecular complexity index is 580. The molecule has 0 radical (unpaired) electrons. The molecule has 0 saturated heterocycles. The van der Waals surface area contributed by atoms with Gasteiger partial charge < -0.3 is 9.84 Å². The van der Waals surface area contributed by atoms with E-state index in [4.69, 9.17) is 4.52 Å². The smallest absolute Gasteiger partial charge is 0.257 e. The summed E-state index contributed by atoms with van der Waals surface area (Å²) in [7, 11) is 0. The molecule has 1 heterocycles. The first-order chi connectivity index (χ1) is 9.52. The van der Waals surface area contributed by atoms with Crippen molar-refractivity contribution < 1.29 is 9.32 Å². The average Bonchev–Trinajstić information content (AvgIpc) is 2.78. The molecule has 1 aromatic heterocycles. The molecule has 0 aliphatic rings. The lowest BCUT2D eigenvalue weighted by Crippen LogP contribution is -2.27. The fraction of sp³-hybridized carbons (Fsp3) is 0.375. The predicted molar refractivity (Wildman–Crippen MR) is 77.7 cm³/mol. The predicted octanol–water partition coefficient (Wildman–Crippen LogP) is 3.34. The number of rotatable bonds is 4. The minimum absolute atomic E-state index is 0.0536. The number of hydrogen-bond donors (Lipinski definition) is 1. The van der Waals surface area contributed by atoms with E-state index in [1.807, 2.05) is 6.92 Å². The van der Waals surface area contributed by atoms with E-state index >= 15 is 0 Å². The molecule has 0 unspecified atom stereocenters. The summed E-state index contributed by atoms with van der Waals surface area (Å²) >= 11 is 0. The van der Waals surface area contributed by atoms with Crippen molar-refractivity contribution in [3.05, 3.63) is 52.4 Å². The summed E-state index contributed by atoms with van der Waals surface area (Å²) in [6.07, 6.45) is 1.01. The highest BCUT2D eigenvalue weighted by Crippen LogP contribution is 2.17. The van der Waals surface area contributed by atoms with Gasteiger partial charge in [-0.05, 0) is 38.3 Å². The Morgan fingerprint density at radius 2 is 1.95 bits per heavy atom. The van der Waals surface area contributed by atoms with E-state index in [-0.39, 0.29) is 11.9 Å². The molecule has 0 spiro atoms. The third kappa shape index (κ3) is 2.90. The molecular weight excluding hydrogens is 252 g/mol. The van der Waals surface area contributed by atoms with Gasteiger partial charge in [0.25, 0.3) is 5.91 Å². The Kier molecular flexibility index (Phi) is 4.23. The van der Waals surface area contributed by atoms with E-state index in [0.29, 0.717) is 17.0 Å². The highest BCUT2D eigenvalue weighted by atomic mass is 16.5. The summed E-state index contributed by atoms with van der Waals surface area (Å²) in [4.78, 5) is 12.2. The standard InChI is InChI=1S/C16H20N2O2/c1-5-13-6-8-14(9-7-13)10(2)17-16(19)15-11(3)18-20-12(15)4/h6-10H,5H2,1-4H3,(H,17,19)/t10-/m0/s1. The summed E-state index contributed by atoms with van der Waals surface area (Å²) in [6, 6.07) is 8.23. The zero-order valence-corrected chi connectivity index (χ0v) is 12.4. The van der Waals surface area contributed by atoms with Gasteiger partial charge >= 0.3 is 0 Å². The van der Waals surface area contributed by atoms with Gasteiger partial charge in [0.2, 0.25) is 0 Å². The minimum atomic E-state index is -0.145. The molecule has 1 atom stereocenters. The molecule has 0 aliphatic carbocycles. The zero-order chi connectivity index (χ0) is 14.7. The third-order valence-electron chi connectivity index (χ3n) is 3.50. The van der Waals surface area contributed by atoms with Gasteiger partial charge in [-0.3, -0.25) is 4.79 Å². The van der Waals surface area contributed by atoms with Crippen molar-refractivity contribution in [2.24, 2.45) is 0 Å². The Balaban J connectivity index is 2.11. The fourth-order valence-electron chi connectivity index (χ4n) is 2.20. The SMILES string of the molecule is CCc1ccc([C@H](C)NC(=O)c2c(C)noc2C)cc1. The second kappa shape index (κ2) is 5.90. The number of benzene rings is 1. The monoisotopic (exact) mass is 272 g/mol. The first-order valence-electron chi connectivity index (χ1n) is 6.85. The number of hydrogen-bond acceptors (Lipinski definition) is 3. The van der Waals surface area contributed by atoms with Gasteiger partial charge in [0, 0.05) is 0 Å². The minimum Gasteiger partial charge on any atom is -0.361 e. The Labute approximate surface area is 119 Å². The number of aryl methyl sites for hydroxylation is 3. The first kappa shape index (κ1) is 14.3. The number of nitrogens with one attached hydrogen (secondary N) is 1. The number of carbonyl (C=O) groups excluding carboxylic acids is 1. The van der Waals surface area contributed by atoms with Crippen LogP contribution in [0.1, 0.15) is 52.8 Å². The van der Waals surface area contributed by atoms with Gasteiger partial charge in [-0.2, -0.15) is 0 Å². The van der Waals surface area contributed by atoms with Gasteiger partial charge in [-0.25, -0.2) is 0 Å². The van der Waals surface area contributed by atoms with Crippen LogP contribution in [-0.4, -0.2) is 11.1 Å². The maximum atomic E-state index is 12.2. The van der Waals surface area contributed by atoms with Gasteiger partial charge in [0.05, 0.1) is 11.7 Å². The number of nitrogens with zero attached hydrogens (tertiary/aromatic N) is 1. The molecule has 1 amide bonds. The summed E-state index contributed by atoms with van der Waals surface area (Å²) in [5, 5.41) is 6.78. The molecule has 0 fully saturated rings. The summed E-state index contributed by atoms with van der Waals surface area (Å²) < 4.78 is 5.02. The third-order valence-corrected chi connectivity index (χ3v) is 3.50. The molecule has 4 nitrogen and oxygen atoms in total. The summed E-state index contributed by atoms with van der Waals surface area (Å²) in [5.41, 5.74) is 3.52. The van der Waals surface area contributed by atoms with E-state index in [1.54, 1.807) is 13.8 Å². The van der Waals surface area contributed by atoms with Crippen molar-refractivity contribution in [3.8, 4) is 0 Å². The first-order valence-corrected chi connectivity index (χ1v) is 6.85. The highest BCUT2D eigenvalue weighted by Gasteiger charge is 2.19. The maximum absolute atomic E-state index is 12.2. The van der Waals surface area contributed by atoms with E-state index in [9.17, 15) is 4.79 Å². The van der Waals surface area contributed by atoms with Gasteiger partial charge in [-0.1, -0.05) is 36.3 Å². The second-order valence-corrected chi connectivity index (χ2v) is 4.99. The van der Waals surface area contributed by atoms with Crippen LogP contribution >= 0.6 is 0 Å². The van der Waals surface area contributed by atoms with Crippen LogP contribution in [0.2, 0.25) is 0 Å². The number of carbonyl (C=O) groups is 1. The van der Waals surface area contributed by atoms with Gasteiger partial charge in [0.1, 0.15) is 11.3 Å². The van der Waals surface area contributed by atoms with Crippen LogP contribution in [0.15, 0.2) is 28.8 Å². The van der Waals surface area contributed by atoms with E-state index in [1.165, 1.54) is 5.56 Å². The Hall–Kier alpha value is -2.10. The van der Waals surface area contributed by atoms with E-state index < -0.39 is 0 Å². The summed E-state index contributed by atoms with van der Waals surface area (Å²) in [6.45, 7) is 7.61. The number of amides is 1. The topological polar surface area (TPSA) is 55.1 Å². The van der Waals surface area contributed by atoms with Crippen LogP contribution in [0.3, 0.4) is 0 Å². The molecule has 4 heteroatoms. The van der Waals surface area contributed by atoms with Crippen molar-refractivity contribution in [1.82, 2.24) is 10.5 Å². The molecule has 0 aliphatic heterocycles. The normalized spacial score (nSPS) is 12.2. The fourth-order valence-corrected chi connectivity index (χ4v) is 2.20. The largest absolute Gasteiger partial charge is 0.361 e. The lowest BCUT2D eigenvalue weighted by Gasteiger charge is -2.14. The van der Waals surface area contributed by atoms with Crippen LogP contribution < -0.4 is 5.32 Å². The molecule has 2 aromatic rings. The molecule has 0 bridgehead atoms. The van der Waals surface area contributed by atoms with Crippen molar-refractivity contribution in [3.63, 3.8) is 0 Å². The molecule has 1 N–H and O–H groups in total. The van der Waals surface area contributed by atoms with Gasteiger partial charge in [-0.15, -0.1) is 0 Å². The van der Waals surface area contributed by atoms with Crippen molar-refractivity contribution in [2.75, 3.05) is 0 Å². The van der Waals surface area contributed by atoms with Crippen molar-refractivity contribution >= 4 is 5.91 Å². The van der Waals surface area contributed by atoms with Crippen LogP contribution in [0.25, 0.3) is 0 Å². The molecule has 1 aromatic carbocycles. The summed E-state index contributed by atoms with van der Waals surface area (Å²) in [5.74, 6) is 0.404. The molecule has 20 heavy (non-hydrogen) atoms. The quantitative estimate of drug-likeness (QED) is 0.928. The lowest BCUT2D eigenvalue weighted by atomic mass is 10.0. The maximum Gasteiger partial charge on any atom is 0.257 e. The van der Waals surface area contributed by atoms with Crippen LogP contribution in [0, 0.1) is 13.8 Å². The molecule has 2 rings (SSSR count). The highest BCUT2D eigenvalue weighted by molar-refractivity contribution is 5.96. The average molecular weight is 272 g/mol.